The fraction of sp³-hybridized carbons (Fsp3) is 0.200. The lowest BCUT2D eigenvalue weighted by Crippen LogP contribution is -2.19. The molecule has 9 heavy (non-hydrogen) atoms. The van der Waals surface area contributed by atoms with Crippen molar-refractivity contribution in [3.05, 3.63) is 21.3 Å². The molecule has 0 spiro atoms. The van der Waals surface area contributed by atoms with E-state index in [-0.39, 0.29) is 0 Å². The van der Waals surface area contributed by atoms with Gasteiger partial charge < -0.3 is 0 Å². The molecule has 0 radical (unpaired) electrons. The van der Waals surface area contributed by atoms with Crippen molar-refractivity contribution in [3.8, 4) is 0 Å². The van der Waals surface area contributed by atoms with E-state index in [9.17, 15) is 0 Å². The topological polar surface area (TPSA) is 38.0 Å². The van der Waals surface area contributed by atoms with Gasteiger partial charge in [-0.05, 0) is 12.1 Å². The zero-order chi connectivity index (χ0) is 6.69. The first-order valence-electron chi connectivity index (χ1n) is 2.50. The normalized spacial score (nSPS) is 10.0. The lowest BCUT2D eigenvalue weighted by atomic mass is 10.5. The van der Waals surface area contributed by atoms with Gasteiger partial charge in [-0.15, -0.1) is 11.3 Å². The SMILES string of the molecule is NNCc1ccc(Cl)s1. The van der Waals surface area contributed by atoms with E-state index < -0.39 is 0 Å². The molecule has 0 bridgehead atoms. The van der Waals surface area contributed by atoms with Crippen molar-refractivity contribution in [2.45, 2.75) is 6.54 Å². The van der Waals surface area contributed by atoms with Gasteiger partial charge in [0.05, 0.1) is 4.34 Å². The predicted octanol–water partition coefficient (Wildman–Crippen LogP) is 1.36. The number of nitrogens with two attached hydrogens (primary N) is 1. The minimum atomic E-state index is 0.692. The Morgan fingerprint density at radius 2 is 2.44 bits per heavy atom. The third kappa shape index (κ3) is 1.95. The number of hydrazine groups is 1. The second-order valence-electron chi connectivity index (χ2n) is 1.59. The molecule has 0 amide bonds. The van der Waals surface area contributed by atoms with Crippen molar-refractivity contribution in [2.24, 2.45) is 5.84 Å². The van der Waals surface area contributed by atoms with E-state index in [1.54, 1.807) is 0 Å². The fourth-order valence-electron chi connectivity index (χ4n) is 0.547. The number of rotatable bonds is 2. The smallest absolute Gasteiger partial charge is 0.0931 e. The highest BCUT2D eigenvalue weighted by Gasteiger charge is 1.93. The van der Waals surface area contributed by atoms with Crippen LogP contribution in [-0.2, 0) is 6.54 Å². The van der Waals surface area contributed by atoms with Crippen molar-refractivity contribution < 1.29 is 0 Å². The molecule has 4 heteroatoms. The Morgan fingerprint density at radius 1 is 1.67 bits per heavy atom. The minimum absolute atomic E-state index is 0.692. The Kier molecular flexibility index (Phi) is 2.48. The second-order valence-corrected chi connectivity index (χ2v) is 3.39. The molecule has 1 heterocycles. The van der Waals surface area contributed by atoms with Gasteiger partial charge in [0.25, 0.3) is 0 Å². The van der Waals surface area contributed by atoms with Gasteiger partial charge >= 0.3 is 0 Å². The molecule has 50 valence electrons. The minimum Gasteiger partial charge on any atom is -0.271 e. The molecule has 0 aromatic carbocycles. The van der Waals surface area contributed by atoms with Gasteiger partial charge in [0.1, 0.15) is 0 Å². The van der Waals surface area contributed by atoms with Crippen LogP contribution in [0, 0.1) is 0 Å². The van der Waals surface area contributed by atoms with Crippen molar-refractivity contribution in [1.82, 2.24) is 5.43 Å². The molecule has 0 aliphatic heterocycles. The summed E-state index contributed by atoms with van der Waals surface area (Å²) in [5, 5.41) is 0. The average molecular weight is 163 g/mol. The Bertz CT molecular complexity index is 187. The Labute approximate surface area is 62.6 Å². The summed E-state index contributed by atoms with van der Waals surface area (Å²) in [5.74, 6) is 5.08. The summed E-state index contributed by atoms with van der Waals surface area (Å²) in [6.45, 7) is 0.692. The lowest BCUT2D eigenvalue weighted by molar-refractivity contribution is 0.751. The van der Waals surface area contributed by atoms with Crippen LogP contribution in [0.3, 0.4) is 0 Å². The van der Waals surface area contributed by atoms with Gasteiger partial charge in [0.2, 0.25) is 0 Å². The number of thiophene rings is 1. The zero-order valence-corrected chi connectivity index (χ0v) is 6.30. The summed E-state index contributed by atoms with van der Waals surface area (Å²) in [7, 11) is 0. The monoisotopic (exact) mass is 162 g/mol. The fourth-order valence-corrected chi connectivity index (χ4v) is 1.59. The third-order valence-corrected chi connectivity index (χ3v) is 2.14. The molecule has 0 unspecified atom stereocenters. The molecule has 1 aromatic heterocycles. The van der Waals surface area contributed by atoms with Gasteiger partial charge in [-0.3, -0.25) is 11.3 Å². The Morgan fingerprint density at radius 3 is 2.89 bits per heavy atom. The highest BCUT2D eigenvalue weighted by molar-refractivity contribution is 7.16. The van der Waals surface area contributed by atoms with E-state index >= 15 is 0 Å². The van der Waals surface area contributed by atoms with E-state index in [4.69, 9.17) is 17.4 Å². The molecule has 3 N–H and O–H groups in total. The first-order valence-corrected chi connectivity index (χ1v) is 3.70. The van der Waals surface area contributed by atoms with Gasteiger partial charge in [-0.2, -0.15) is 0 Å². The molecule has 0 aliphatic carbocycles. The summed E-state index contributed by atoms with van der Waals surface area (Å²) in [6.07, 6.45) is 0. The van der Waals surface area contributed by atoms with E-state index in [1.807, 2.05) is 12.1 Å². The van der Waals surface area contributed by atoms with Crippen molar-refractivity contribution in [1.29, 1.82) is 0 Å². The van der Waals surface area contributed by atoms with Crippen molar-refractivity contribution in [2.75, 3.05) is 0 Å². The predicted molar refractivity (Wildman–Crippen MR) is 40.4 cm³/mol. The molecule has 0 atom stereocenters. The largest absolute Gasteiger partial charge is 0.271 e. The van der Waals surface area contributed by atoms with E-state index in [0.29, 0.717) is 6.54 Å². The number of halogens is 1. The molecule has 1 rings (SSSR count). The van der Waals surface area contributed by atoms with Gasteiger partial charge in [0, 0.05) is 11.4 Å². The quantitative estimate of drug-likeness (QED) is 0.509. The molecule has 0 fully saturated rings. The summed E-state index contributed by atoms with van der Waals surface area (Å²) in [6, 6.07) is 3.81. The molecular weight excluding hydrogens is 156 g/mol. The van der Waals surface area contributed by atoms with Crippen LogP contribution in [0.5, 0.6) is 0 Å². The van der Waals surface area contributed by atoms with Crippen LogP contribution < -0.4 is 11.3 Å². The summed E-state index contributed by atoms with van der Waals surface area (Å²) >= 11 is 7.18. The van der Waals surface area contributed by atoms with E-state index in [2.05, 4.69) is 5.43 Å². The molecular formula is C5H7ClN2S. The van der Waals surface area contributed by atoms with Crippen LogP contribution in [-0.4, -0.2) is 0 Å². The summed E-state index contributed by atoms with van der Waals surface area (Å²) < 4.78 is 0.806. The lowest BCUT2D eigenvalue weighted by Gasteiger charge is -1.89. The van der Waals surface area contributed by atoms with Gasteiger partial charge in [-0.1, -0.05) is 11.6 Å². The summed E-state index contributed by atoms with van der Waals surface area (Å²) in [5.41, 5.74) is 2.55. The van der Waals surface area contributed by atoms with Crippen LogP contribution in [0.1, 0.15) is 4.88 Å². The Hall–Kier alpha value is -0.0900. The Balaban J connectivity index is 2.61. The molecule has 1 aromatic rings. The molecule has 0 saturated heterocycles. The second kappa shape index (κ2) is 3.17. The van der Waals surface area contributed by atoms with Gasteiger partial charge in [0.15, 0.2) is 0 Å². The van der Waals surface area contributed by atoms with Crippen molar-refractivity contribution in [3.63, 3.8) is 0 Å². The third-order valence-electron chi connectivity index (χ3n) is 0.905. The maximum atomic E-state index is 5.65. The highest BCUT2D eigenvalue weighted by Crippen LogP contribution is 2.20. The van der Waals surface area contributed by atoms with Crippen LogP contribution in [0.4, 0.5) is 0 Å². The number of hydrogen-bond acceptors (Lipinski definition) is 3. The number of hydrogen-bond donors (Lipinski definition) is 2. The van der Waals surface area contributed by atoms with E-state index in [0.717, 1.165) is 9.21 Å². The highest BCUT2D eigenvalue weighted by atomic mass is 35.5. The van der Waals surface area contributed by atoms with Crippen LogP contribution in [0.2, 0.25) is 4.34 Å². The van der Waals surface area contributed by atoms with Crippen LogP contribution in [0.25, 0.3) is 0 Å². The maximum Gasteiger partial charge on any atom is 0.0931 e. The van der Waals surface area contributed by atoms with Crippen LogP contribution in [0.15, 0.2) is 12.1 Å². The molecule has 0 saturated carbocycles. The first-order chi connectivity index (χ1) is 4.33. The standard InChI is InChI=1S/C5H7ClN2S/c6-5-2-1-4(9-5)3-8-7/h1-2,8H,3,7H2. The zero-order valence-electron chi connectivity index (χ0n) is 4.73. The van der Waals surface area contributed by atoms with E-state index in [1.165, 1.54) is 11.3 Å². The number of nitrogens with one attached hydrogen (secondary N) is 1. The molecule has 0 aliphatic rings. The maximum absolute atomic E-state index is 5.65. The van der Waals surface area contributed by atoms with Crippen LogP contribution >= 0.6 is 22.9 Å². The van der Waals surface area contributed by atoms with Gasteiger partial charge in [-0.25, -0.2) is 0 Å². The molecule has 2 nitrogen and oxygen atoms in total. The van der Waals surface area contributed by atoms with Crippen molar-refractivity contribution >= 4 is 22.9 Å². The summed E-state index contributed by atoms with van der Waals surface area (Å²) in [4.78, 5) is 1.16. The average Bonchev–Trinajstić information content (AvgIpc) is 2.17. The first kappa shape index (κ1) is 7.02.